The number of anilines is 1. The van der Waals surface area contributed by atoms with Gasteiger partial charge in [-0.05, 0) is 70.0 Å². The number of likely N-dealkylation sites (N-methyl/N-ethyl adjacent to an activating group) is 1. The summed E-state index contributed by atoms with van der Waals surface area (Å²) in [5.41, 5.74) is 3.56. The molecule has 1 N–H and O–H groups in total. The predicted octanol–water partition coefficient (Wildman–Crippen LogP) is 5.30. The molecule has 8 heteroatoms. The van der Waals surface area contributed by atoms with Gasteiger partial charge in [0.1, 0.15) is 11.6 Å². The zero-order valence-corrected chi connectivity index (χ0v) is 25.7. The Labute approximate surface area is 239 Å². The van der Waals surface area contributed by atoms with Crippen LogP contribution in [0.4, 0.5) is 5.69 Å². The molecule has 0 aromatic heterocycles. The van der Waals surface area contributed by atoms with Gasteiger partial charge in [0, 0.05) is 42.9 Å². The van der Waals surface area contributed by atoms with E-state index in [1.54, 1.807) is 7.11 Å². The molecule has 0 amide bonds. The molecule has 0 spiro atoms. The van der Waals surface area contributed by atoms with E-state index in [9.17, 15) is 4.79 Å². The number of nitrogens with one attached hydrogen (secondary N) is 1. The van der Waals surface area contributed by atoms with Crippen LogP contribution in [0.25, 0.3) is 0 Å². The molecular weight excluding hydrogens is 504 g/mol. The first kappa shape index (κ1) is 29.7. The van der Waals surface area contributed by atoms with Gasteiger partial charge < -0.3 is 28.9 Å². The second kappa shape index (κ2) is 11.3. The zero-order chi connectivity index (χ0) is 29.4. The van der Waals surface area contributed by atoms with E-state index in [0.717, 1.165) is 54.3 Å². The Morgan fingerprint density at radius 2 is 1.57 bits per heavy atom. The highest BCUT2D eigenvalue weighted by Gasteiger charge is 2.43. The predicted molar refractivity (Wildman–Crippen MR) is 161 cm³/mol. The van der Waals surface area contributed by atoms with Gasteiger partial charge in [-0.3, -0.25) is 10.2 Å². The summed E-state index contributed by atoms with van der Waals surface area (Å²) in [4.78, 5) is 20.6. The van der Waals surface area contributed by atoms with Gasteiger partial charge in [0.2, 0.25) is 0 Å². The lowest BCUT2D eigenvalue weighted by molar-refractivity contribution is 0.0920. The van der Waals surface area contributed by atoms with E-state index in [2.05, 4.69) is 51.5 Å². The minimum absolute atomic E-state index is 0.0239. The van der Waals surface area contributed by atoms with Gasteiger partial charge in [-0.1, -0.05) is 20.8 Å². The molecule has 1 saturated heterocycles. The van der Waals surface area contributed by atoms with Crippen molar-refractivity contribution in [3.63, 3.8) is 0 Å². The van der Waals surface area contributed by atoms with Gasteiger partial charge >= 0.3 is 0 Å². The molecule has 0 radical (unpaired) electrons. The first-order valence-corrected chi connectivity index (χ1v) is 14.3. The van der Waals surface area contributed by atoms with Crippen molar-refractivity contribution in [1.82, 2.24) is 9.80 Å². The van der Waals surface area contributed by atoms with Gasteiger partial charge in [0.25, 0.3) is 0 Å². The van der Waals surface area contributed by atoms with Gasteiger partial charge in [-0.15, -0.1) is 0 Å². The van der Waals surface area contributed by atoms with E-state index >= 15 is 0 Å². The number of piperazine rings is 1. The van der Waals surface area contributed by atoms with Crippen molar-refractivity contribution < 1.29 is 19.0 Å². The molecule has 218 valence electrons. The van der Waals surface area contributed by atoms with Crippen molar-refractivity contribution >= 4 is 17.3 Å². The quantitative estimate of drug-likeness (QED) is 0.425. The smallest absolute Gasteiger partial charge is 0.182 e. The summed E-state index contributed by atoms with van der Waals surface area (Å²) in [6.07, 6.45) is 0. The fourth-order valence-corrected chi connectivity index (χ4v) is 5.71. The van der Waals surface area contributed by atoms with Crippen molar-refractivity contribution in [3.05, 3.63) is 46.5 Å². The standard InChI is InChI=1S/C32H46N4O4/c1-10-39-27-18-22-23(19-28(27)40-11-2)32(6,7)36(30(22)33)20-26(37)21-16-24(31(3,4)5)29(38-9)25(17-21)35-14-12-34(8)13-15-35/h16-19,33H,10-15,20H2,1-9H3. The van der Waals surface area contributed by atoms with Crippen LogP contribution < -0.4 is 19.1 Å². The molecule has 2 aliphatic rings. The van der Waals surface area contributed by atoms with Crippen molar-refractivity contribution in [2.24, 2.45) is 0 Å². The number of fused-ring (bicyclic) bond motifs is 1. The summed E-state index contributed by atoms with van der Waals surface area (Å²) >= 11 is 0. The Balaban J connectivity index is 1.72. The average Bonchev–Trinajstić information content (AvgIpc) is 3.08. The number of methoxy groups -OCH3 is 1. The fraction of sp³-hybridized carbons (Fsp3) is 0.562. The maximum absolute atomic E-state index is 14.0. The average molecular weight is 551 g/mol. The summed E-state index contributed by atoms with van der Waals surface area (Å²) in [5.74, 6) is 2.42. The molecule has 1 fully saturated rings. The Morgan fingerprint density at radius 1 is 0.975 bits per heavy atom. The largest absolute Gasteiger partial charge is 0.494 e. The highest BCUT2D eigenvalue weighted by Crippen LogP contribution is 2.45. The molecule has 2 aromatic rings. The van der Waals surface area contributed by atoms with Crippen LogP contribution in [0.1, 0.15) is 75.5 Å². The number of hydrogen-bond acceptors (Lipinski definition) is 7. The molecule has 40 heavy (non-hydrogen) atoms. The molecule has 2 heterocycles. The summed E-state index contributed by atoms with van der Waals surface area (Å²) in [5, 5.41) is 9.07. The molecule has 2 aliphatic heterocycles. The molecular formula is C32H46N4O4. The van der Waals surface area contributed by atoms with Gasteiger partial charge in [-0.2, -0.15) is 0 Å². The van der Waals surface area contributed by atoms with Crippen LogP contribution in [0.2, 0.25) is 0 Å². The number of rotatable bonds is 9. The second-order valence-electron chi connectivity index (χ2n) is 12.2. The molecule has 0 bridgehead atoms. The molecule has 2 aromatic carbocycles. The lowest BCUT2D eigenvalue weighted by atomic mass is 9.84. The van der Waals surface area contributed by atoms with Crippen LogP contribution in [-0.4, -0.2) is 81.5 Å². The monoisotopic (exact) mass is 550 g/mol. The summed E-state index contributed by atoms with van der Waals surface area (Å²) < 4.78 is 17.7. The minimum atomic E-state index is -0.571. The highest BCUT2D eigenvalue weighted by molar-refractivity contribution is 6.07. The minimum Gasteiger partial charge on any atom is -0.494 e. The maximum Gasteiger partial charge on any atom is 0.182 e. The number of carbonyl (C=O) groups is 1. The molecule has 8 nitrogen and oxygen atoms in total. The number of hydrogen-bond donors (Lipinski definition) is 1. The number of carbonyl (C=O) groups excluding carboxylic acids is 1. The topological polar surface area (TPSA) is 78.3 Å². The van der Waals surface area contributed by atoms with Crippen LogP contribution >= 0.6 is 0 Å². The Morgan fingerprint density at radius 3 is 2.12 bits per heavy atom. The summed E-state index contributed by atoms with van der Waals surface area (Å²) in [6.45, 7) is 19.2. The third kappa shape index (κ3) is 5.51. The molecule has 0 unspecified atom stereocenters. The van der Waals surface area contributed by atoms with E-state index in [0.29, 0.717) is 36.1 Å². The third-order valence-electron chi connectivity index (χ3n) is 8.09. The van der Waals surface area contributed by atoms with Gasteiger partial charge in [-0.25, -0.2) is 0 Å². The highest BCUT2D eigenvalue weighted by atomic mass is 16.5. The van der Waals surface area contributed by atoms with Gasteiger partial charge in [0.05, 0.1) is 38.1 Å². The van der Waals surface area contributed by atoms with Crippen molar-refractivity contribution in [2.75, 3.05) is 65.0 Å². The number of Topliss-reactive ketones (excluding diaryl/α,β-unsaturated/α-hetero) is 1. The third-order valence-corrected chi connectivity index (χ3v) is 8.09. The van der Waals surface area contributed by atoms with E-state index in [1.165, 1.54) is 0 Å². The van der Waals surface area contributed by atoms with Crippen molar-refractivity contribution in [3.8, 4) is 17.2 Å². The summed E-state index contributed by atoms with van der Waals surface area (Å²) in [6, 6.07) is 7.83. The summed E-state index contributed by atoms with van der Waals surface area (Å²) in [7, 11) is 3.85. The van der Waals surface area contributed by atoms with E-state index in [1.807, 2.05) is 43.0 Å². The number of amidine groups is 1. The first-order chi connectivity index (χ1) is 18.8. The molecule has 0 aliphatic carbocycles. The number of nitrogens with zero attached hydrogens (tertiary/aromatic N) is 3. The number of ketones is 1. The van der Waals surface area contributed by atoms with E-state index < -0.39 is 5.54 Å². The SMILES string of the molecule is CCOc1cc2c(cc1OCC)C(C)(C)N(CC(=O)c1cc(N3CCN(C)CC3)c(OC)c(C(C)(C)C)c1)C2=N. The second-order valence-corrected chi connectivity index (χ2v) is 12.2. The Bertz CT molecular complexity index is 1270. The van der Waals surface area contributed by atoms with Gasteiger partial charge in [0.15, 0.2) is 17.3 Å². The maximum atomic E-state index is 14.0. The van der Waals surface area contributed by atoms with E-state index in [-0.39, 0.29) is 17.7 Å². The van der Waals surface area contributed by atoms with Crippen LogP contribution in [0.5, 0.6) is 17.2 Å². The van der Waals surface area contributed by atoms with Crippen molar-refractivity contribution in [2.45, 2.75) is 59.4 Å². The fourth-order valence-electron chi connectivity index (χ4n) is 5.71. The first-order valence-electron chi connectivity index (χ1n) is 14.3. The lowest BCUT2D eigenvalue weighted by Gasteiger charge is -2.37. The Kier molecular flexibility index (Phi) is 8.41. The normalized spacial score (nSPS) is 17.2. The Hall–Kier alpha value is -3.26. The van der Waals surface area contributed by atoms with Crippen LogP contribution in [0.3, 0.4) is 0 Å². The number of benzene rings is 2. The lowest BCUT2D eigenvalue weighted by Crippen LogP contribution is -2.45. The van der Waals surface area contributed by atoms with E-state index in [4.69, 9.17) is 19.6 Å². The van der Waals surface area contributed by atoms with Crippen LogP contribution in [0, 0.1) is 5.41 Å². The molecule has 0 atom stereocenters. The molecule has 4 rings (SSSR count). The number of ether oxygens (including phenoxy) is 3. The molecule has 0 saturated carbocycles. The van der Waals surface area contributed by atoms with Crippen LogP contribution in [0.15, 0.2) is 24.3 Å². The zero-order valence-electron chi connectivity index (χ0n) is 25.7. The van der Waals surface area contributed by atoms with Crippen LogP contribution in [-0.2, 0) is 11.0 Å². The van der Waals surface area contributed by atoms with Crippen molar-refractivity contribution in [1.29, 1.82) is 5.41 Å².